The van der Waals surface area contributed by atoms with Gasteiger partial charge in [0.2, 0.25) is 11.6 Å². The Bertz CT molecular complexity index is 523. The monoisotopic (exact) mass is 494 g/mol. The average Bonchev–Trinajstić information content (AvgIpc) is 2.84. The van der Waals surface area contributed by atoms with Gasteiger partial charge in [-0.25, -0.2) is 0 Å². The van der Waals surface area contributed by atoms with Gasteiger partial charge in [0.15, 0.2) is 0 Å². The molecule has 2 unspecified atom stereocenters. The number of unbranched alkanes of at least 4 members (excludes halogenated alkanes) is 3. The number of aliphatic hydroxyl groups is 2. The Morgan fingerprint density at radius 3 is 1.79 bits per heavy atom. The summed E-state index contributed by atoms with van der Waals surface area (Å²) < 4.78 is 42.1. The van der Waals surface area contributed by atoms with Gasteiger partial charge >= 0.3 is 0 Å². The minimum atomic E-state index is -1.33. The van der Waals surface area contributed by atoms with Crippen molar-refractivity contribution in [3.63, 3.8) is 0 Å². The van der Waals surface area contributed by atoms with Crippen LogP contribution in [0.2, 0.25) is 0 Å². The number of aliphatic hydroxyl groups excluding tert-OH is 2. The SMILES string of the molecule is CCCCOC[C@H](OCCCC)[C@@H]1OC(C)(OC)C(C)(OC)O[C@H]1[C@H](O)[C@@H](CO)OCCCC. The molecule has 0 radical (unpaired) electrons. The second-order valence-corrected chi connectivity index (χ2v) is 9.09. The van der Waals surface area contributed by atoms with Crippen molar-refractivity contribution in [2.75, 3.05) is 47.3 Å². The molecule has 2 N–H and O–H groups in total. The van der Waals surface area contributed by atoms with Gasteiger partial charge in [0.05, 0.1) is 13.2 Å². The van der Waals surface area contributed by atoms with Gasteiger partial charge in [0.25, 0.3) is 0 Å². The van der Waals surface area contributed by atoms with Crippen molar-refractivity contribution >= 4 is 0 Å². The van der Waals surface area contributed by atoms with Crippen molar-refractivity contribution in [3.8, 4) is 0 Å². The van der Waals surface area contributed by atoms with E-state index < -0.39 is 42.1 Å². The highest BCUT2D eigenvalue weighted by Crippen LogP contribution is 2.42. The molecule has 1 aliphatic rings. The lowest BCUT2D eigenvalue weighted by molar-refractivity contribution is -0.463. The van der Waals surface area contributed by atoms with Crippen molar-refractivity contribution in [3.05, 3.63) is 0 Å². The second-order valence-electron chi connectivity index (χ2n) is 9.09. The van der Waals surface area contributed by atoms with Crippen LogP contribution in [-0.2, 0) is 33.2 Å². The maximum absolute atomic E-state index is 11.3. The van der Waals surface area contributed by atoms with Crippen molar-refractivity contribution in [2.45, 2.75) is 115 Å². The van der Waals surface area contributed by atoms with Gasteiger partial charge < -0.3 is 43.4 Å². The van der Waals surface area contributed by atoms with Crippen LogP contribution < -0.4 is 0 Å². The molecule has 204 valence electrons. The lowest BCUT2D eigenvalue weighted by Gasteiger charge is -2.54. The molecule has 1 rings (SSSR count). The first kappa shape index (κ1) is 31.7. The maximum Gasteiger partial charge on any atom is 0.220 e. The lowest BCUT2D eigenvalue weighted by Crippen LogP contribution is -2.70. The van der Waals surface area contributed by atoms with Gasteiger partial charge in [0, 0.05) is 34.0 Å². The van der Waals surface area contributed by atoms with Crippen LogP contribution in [0.1, 0.15) is 73.1 Å². The molecule has 0 amide bonds. The van der Waals surface area contributed by atoms with E-state index in [-0.39, 0.29) is 13.2 Å². The molecule has 0 bridgehead atoms. The predicted octanol–water partition coefficient (Wildman–Crippen LogP) is 3.04. The van der Waals surface area contributed by atoms with Crippen LogP contribution in [0.25, 0.3) is 0 Å². The fraction of sp³-hybridized carbons (Fsp3) is 1.00. The molecule has 1 saturated heterocycles. The number of hydrogen-bond acceptors (Lipinski definition) is 9. The van der Waals surface area contributed by atoms with E-state index in [9.17, 15) is 10.2 Å². The van der Waals surface area contributed by atoms with E-state index >= 15 is 0 Å². The molecular formula is C25H50O9. The molecular weight excluding hydrogens is 444 g/mol. The summed E-state index contributed by atoms with van der Waals surface area (Å²) in [6, 6.07) is 0. The fourth-order valence-corrected chi connectivity index (χ4v) is 3.80. The molecule has 1 fully saturated rings. The van der Waals surface area contributed by atoms with Gasteiger partial charge in [-0.3, -0.25) is 0 Å². The van der Waals surface area contributed by atoms with Crippen molar-refractivity contribution in [1.82, 2.24) is 0 Å². The maximum atomic E-state index is 11.3. The Hall–Kier alpha value is -0.360. The van der Waals surface area contributed by atoms with Crippen molar-refractivity contribution in [1.29, 1.82) is 0 Å². The van der Waals surface area contributed by atoms with Crippen LogP contribution in [0.3, 0.4) is 0 Å². The topological polar surface area (TPSA) is 105 Å². The molecule has 7 atom stereocenters. The Morgan fingerprint density at radius 2 is 1.29 bits per heavy atom. The summed E-state index contributed by atoms with van der Waals surface area (Å²) in [5.41, 5.74) is 0. The van der Waals surface area contributed by atoms with Crippen LogP contribution in [0.4, 0.5) is 0 Å². The van der Waals surface area contributed by atoms with E-state index in [1.165, 1.54) is 14.2 Å². The van der Waals surface area contributed by atoms with E-state index in [0.29, 0.717) is 19.8 Å². The number of ether oxygens (including phenoxy) is 7. The molecule has 0 aromatic rings. The van der Waals surface area contributed by atoms with Crippen molar-refractivity contribution < 1.29 is 43.4 Å². The van der Waals surface area contributed by atoms with Gasteiger partial charge in [0.1, 0.15) is 30.5 Å². The summed E-state index contributed by atoms with van der Waals surface area (Å²) in [7, 11) is 3.01. The third-order valence-electron chi connectivity index (χ3n) is 6.50. The van der Waals surface area contributed by atoms with E-state index in [4.69, 9.17) is 33.2 Å². The third kappa shape index (κ3) is 8.64. The summed E-state index contributed by atoms with van der Waals surface area (Å²) in [5.74, 6) is -2.61. The second kappa shape index (κ2) is 16.4. The van der Waals surface area contributed by atoms with Crippen LogP contribution in [-0.4, -0.2) is 99.6 Å². The van der Waals surface area contributed by atoms with Gasteiger partial charge in [-0.05, 0) is 33.1 Å². The minimum absolute atomic E-state index is 0.269. The highest BCUT2D eigenvalue weighted by Gasteiger charge is 2.60. The quantitative estimate of drug-likeness (QED) is 0.262. The van der Waals surface area contributed by atoms with E-state index in [1.807, 2.05) is 6.92 Å². The highest BCUT2D eigenvalue weighted by atomic mass is 16.8. The van der Waals surface area contributed by atoms with E-state index in [0.717, 1.165) is 38.5 Å². The summed E-state index contributed by atoms with van der Waals surface area (Å²) in [6.45, 7) is 11.1. The fourth-order valence-electron chi connectivity index (χ4n) is 3.80. The molecule has 1 heterocycles. The smallest absolute Gasteiger partial charge is 0.220 e. The first-order chi connectivity index (χ1) is 16.3. The summed E-state index contributed by atoms with van der Waals surface area (Å²) in [5, 5.41) is 21.3. The normalized spacial score (nSPS) is 30.3. The molecule has 0 spiro atoms. The molecule has 0 saturated carbocycles. The zero-order chi connectivity index (χ0) is 25.6. The number of hydrogen-bond donors (Lipinski definition) is 2. The summed E-state index contributed by atoms with van der Waals surface area (Å²) in [4.78, 5) is 0. The highest BCUT2D eigenvalue weighted by molar-refractivity contribution is 4.98. The van der Waals surface area contributed by atoms with Crippen LogP contribution in [0.15, 0.2) is 0 Å². The predicted molar refractivity (Wildman–Crippen MR) is 129 cm³/mol. The lowest BCUT2D eigenvalue weighted by atomic mass is 9.94. The molecule has 0 aromatic carbocycles. The van der Waals surface area contributed by atoms with E-state index in [1.54, 1.807) is 13.8 Å². The summed E-state index contributed by atoms with van der Waals surface area (Å²) >= 11 is 0. The minimum Gasteiger partial charge on any atom is -0.394 e. The molecule has 0 aromatic heterocycles. The molecule has 1 aliphatic heterocycles. The van der Waals surface area contributed by atoms with Crippen LogP contribution >= 0.6 is 0 Å². The Labute approximate surface area is 206 Å². The van der Waals surface area contributed by atoms with Crippen molar-refractivity contribution in [2.24, 2.45) is 0 Å². The summed E-state index contributed by atoms with van der Waals surface area (Å²) in [6.07, 6.45) is 1.31. The molecule has 34 heavy (non-hydrogen) atoms. The van der Waals surface area contributed by atoms with Crippen LogP contribution in [0, 0.1) is 0 Å². The van der Waals surface area contributed by atoms with Gasteiger partial charge in [-0.1, -0.05) is 40.0 Å². The van der Waals surface area contributed by atoms with Crippen LogP contribution in [0.5, 0.6) is 0 Å². The number of rotatable bonds is 19. The van der Waals surface area contributed by atoms with Gasteiger partial charge in [-0.15, -0.1) is 0 Å². The molecule has 0 aliphatic carbocycles. The molecule has 9 heteroatoms. The molecule has 9 nitrogen and oxygen atoms in total. The number of methoxy groups -OCH3 is 2. The first-order valence-electron chi connectivity index (χ1n) is 12.8. The zero-order valence-electron chi connectivity index (χ0n) is 22.4. The van der Waals surface area contributed by atoms with E-state index in [2.05, 4.69) is 13.8 Å². The largest absolute Gasteiger partial charge is 0.394 e. The Kier molecular flexibility index (Phi) is 15.3. The third-order valence-corrected chi connectivity index (χ3v) is 6.50. The first-order valence-corrected chi connectivity index (χ1v) is 12.8. The standard InChI is InChI=1S/C25H50O9/c1-8-11-14-30-18-20(32-16-13-10-3)22-23(21(27)19(17-26)31-15-12-9-2)34-25(5,29-7)24(4,28-6)33-22/h19-23,26-27H,8-18H2,1-7H3/t19-,20+,21-,22+,23+,24?,25?/m1/s1. The van der Waals surface area contributed by atoms with Gasteiger partial charge in [-0.2, -0.15) is 0 Å². The zero-order valence-corrected chi connectivity index (χ0v) is 22.4. The average molecular weight is 495 g/mol. The Balaban J connectivity index is 3.25. The Morgan fingerprint density at radius 1 is 0.794 bits per heavy atom.